The minimum absolute atomic E-state index is 0.0111. The van der Waals surface area contributed by atoms with Crippen LogP contribution in [0.25, 0.3) is 0 Å². The van der Waals surface area contributed by atoms with E-state index < -0.39 is 0 Å². The lowest BCUT2D eigenvalue weighted by atomic mass is 9.87. The van der Waals surface area contributed by atoms with E-state index in [1.807, 2.05) is 12.1 Å². The van der Waals surface area contributed by atoms with Crippen molar-refractivity contribution in [3.05, 3.63) is 29.8 Å². The third-order valence-electron chi connectivity index (χ3n) is 3.96. The minimum Gasteiger partial charge on any atom is -0.343 e. The number of carbonyl (C=O) groups is 2. The standard InChI is InChI=1S/C17H25N3O2/c1-17(2,3)14-4-6-15(7-5-14)18-16(22)12-19-8-10-20(13-21)11-9-19/h4-7,13H,8-12H2,1-3H3,(H,18,22). The van der Waals surface area contributed by atoms with Gasteiger partial charge in [0.05, 0.1) is 6.54 Å². The Hall–Kier alpha value is -1.88. The second-order valence-electron chi connectivity index (χ2n) is 6.79. The highest BCUT2D eigenvalue weighted by atomic mass is 16.2. The number of anilines is 1. The van der Waals surface area contributed by atoms with E-state index in [1.165, 1.54) is 5.56 Å². The summed E-state index contributed by atoms with van der Waals surface area (Å²) in [5.41, 5.74) is 2.18. The molecule has 120 valence electrons. The van der Waals surface area contributed by atoms with E-state index in [1.54, 1.807) is 4.90 Å². The molecular weight excluding hydrogens is 278 g/mol. The highest BCUT2D eigenvalue weighted by molar-refractivity contribution is 5.92. The van der Waals surface area contributed by atoms with Crippen LogP contribution in [0.15, 0.2) is 24.3 Å². The summed E-state index contributed by atoms with van der Waals surface area (Å²) in [6.07, 6.45) is 0.869. The van der Waals surface area contributed by atoms with Crippen molar-refractivity contribution in [2.24, 2.45) is 0 Å². The van der Waals surface area contributed by atoms with E-state index in [9.17, 15) is 9.59 Å². The molecule has 1 aliphatic heterocycles. The average molecular weight is 303 g/mol. The van der Waals surface area contributed by atoms with Gasteiger partial charge >= 0.3 is 0 Å². The zero-order chi connectivity index (χ0) is 16.2. The second kappa shape index (κ2) is 6.92. The molecule has 0 aliphatic carbocycles. The lowest BCUT2D eigenvalue weighted by Gasteiger charge is -2.31. The Kier molecular flexibility index (Phi) is 5.19. The van der Waals surface area contributed by atoms with Gasteiger partial charge in [0, 0.05) is 31.9 Å². The van der Waals surface area contributed by atoms with Crippen LogP contribution in [0.4, 0.5) is 5.69 Å². The third kappa shape index (κ3) is 4.56. The van der Waals surface area contributed by atoms with Crippen LogP contribution in [0.1, 0.15) is 26.3 Å². The van der Waals surface area contributed by atoms with Crippen molar-refractivity contribution in [3.63, 3.8) is 0 Å². The molecule has 1 N–H and O–H groups in total. The fourth-order valence-electron chi connectivity index (χ4n) is 2.48. The van der Waals surface area contributed by atoms with Gasteiger partial charge in [-0.05, 0) is 23.1 Å². The Morgan fingerprint density at radius 2 is 1.73 bits per heavy atom. The van der Waals surface area contributed by atoms with Crippen LogP contribution in [0, 0.1) is 0 Å². The molecule has 0 unspecified atom stereocenters. The molecule has 1 fully saturated rings. The first kappa shape index (κ1) is 16.5. The van der Waals surface area contributed by atoms with E-state index in [0.717, 1.165) is 25.2 Å². The molecule has 0 radical (unpaired) electrons. The number of amides is 2. The average Bonchev–Trinajstić information content (AvgIpc) is 2.47. The number of nitrogens with one attached hydrogen (secondary N) is 1. The smallest absolute Gasteiger partial charge is 0.238 e. The van der Waals surface area contributed by atoms with Crippen molar-refractivity contribution in [1.82, 2.24) is 9.80 Å². The molecule has 0 aromatic heterocycles. The summed E-state index contributed by atoms with van der Waals surface area (Å²) < 4.78 is 0. The first-order chi connectivity index (χ1) is 10.4. The van der Waals surface area contributed by atoms with Gasteiger partial charge in [0.15, 0.2) is 0 Å². The van der Waals surface area contributed by atoms with Crippen LogP contribution in [0.2, 0.25) is 0 Å². The van der Waals surface area contributed by atoms with Crippen LogP contribution in [0.5, 0.6) is 0 Å². The first-order valence-corrected chi connectivity index (χ1v) is 7.70. The van der Waals surface area contributed by atoms with Crippen LogP contribution in [-0.2, 0) is 15.0 Å². The Bertz CT molecular complexity index is 512. The highest BCUT2D eigenvalue weighted by Crippen LogP contribution is 2.23. The van der Waals surface area contributed by atoms with E-state index in [2.05, 4.69) is 43.1 Å². The summed E-state index contributed by atoms with van der Waals surface area (Å²) in [6.45, 7) is 9.74. The summed E-state index contributed by atoms with van der Waals surface area (Å²) in [4.78, 5) is 26.5. The Labute approximate surface area is 132 Å². The predicted molar refractivity (Wildman–Crippen MR) is 87.8 cm³/mol. The van der Waals surface area contributed by atoms with Gasteiger partial charge in [-0.3, -0.25) is 14.5 Å². The molecular formula is C17H25N3O2. The Morgan fingerprint density at radius 3 is 2.23 bits per heavy atom. The Morgan fingerprint density at radius 1 is 1.14 bits per heavy atom. The van der Waals surface area contributed by atoms with Gasteiger partial charge < -0.3 is 10.2 Å². The van der Waals surface area contributed by atoms with Crippen LogP contribution in [-0.4, -0.2) is 54.8 Å². The monoisotopic (exact) mass is 303 g/mol. The molecule has 0 bridgehead atoms. The maximum absolute atomic E-state index is 12.1. The summed E-state index contributed by atoms with van der Waals surface area (Å²) in [5, 5.41) is 2.93. The third-order valence-corrected chi connectivity index (χ3v) is 3.96. The fourth-order valence-corrected chi connectivity index (χ4v) is 2.48. The SMILES string of the molecule is CC(C)(C)c1ccc(NC(=O)CN2CCN(C=O)CC2)cc1. The summed E-state index contributed by atoms with van der Waals surface area (Å²) in [5.74, 6) is -0.0111. The maximum atomic E-state index is 12.1. The number of hydrogen-bond donors (Lipinski definition) is 1. The zero-order valence-electron chi connectivity index (χ0n) is 13.6. The Balaban J connectivity index is 1.83. The van der Waals surface area contributed by atoms with Crippen molar-refractivity contribution < 1.29 is 9.59 Å². The van der Waals surface area contributed by atoms with Gasteiger partial charge in [-0.15, -0.1) is 0 Å². The molecule has 1 aromatic carbocycles. The molecule has 0 spiro atoms. The normalized spacial score (nSPS) is 16.4. The van der Waals surface area contributed by atoms with Gasteiger partial charge in [0.1, 0.15) is 0 Å². The quantitative estimate of drug-likeness (QED) is 0.861. The molecule has 1 heterocycles. The molecule has 5 nitrogen and oxygen atoms in total. The van der Waals surface area contributed by atoms with E-state index in [-0.39, 0.29) is 11.3 Å². The molecule has 0 saturated carbocycles. The first-order valence-electron chi connectivity index (χ1n) is 7.70. The summed E-state index contributed by atoms with van der Waals surface area (Å²) in [7, 11) is 0. The molecule has 0 atom stereocenters. The van der Waals surface area contributed by atoms with Crippen molar-refractivity contribution in [3.8, 4) is 0 Å². The van der Waals surface area contributed by atoms with Crippen molar-refractivity contribution >= 4 is 18.0 Å². The molecule has 22 heavy (non-hydrogen) atoms. The minimum atomic E-state index is -0.0111. The number of rotatable bonds is 4. The van der Waals surface area contributed by atoms with Crippen molar-refractivity contribution in [2.45, 2.75) is 26.2 Å². The van der Waals surface area contributed by atoms with Gasteiger partial charge in [-0.25, -0.2) is 0 Å². The summed E-state index contributed by atoms with van der Waals surface area (Å²) >= 11 is 0. The van der Waals surface area contributed by atoms with Crippen LogP contribution in [0.3, 0.4) is 0 Å². The number of piperazine rings is 1. The molecule has 2 rings (SSSR count). The van der Waals surface area contributed by atoms with E-state index >= 15 is 0 Å². The number of nitrogens with zero attached hydrogens (tertiary/aromatic N) is 2. The molecule has 1 aromatic rings. The maximum Gasteiger partial charge on any atom is 0.238 e. The van der Waals surface area contributed by atoms with Crippen molar-refractivity contribution in [2.75, 3.05) is 38.0 Å². The number of benzene rings is 1. The van der Waals surface area contributed by atoms with Gasteiger partial charge in [0.25, 0.3) is 0 Å². The fraction of sp³-hybridized carbons (Fsp3) is 0.529. The lowest BCUT2D eigenvalue weighted by Crippen LogP contribution is -2.48. The number of carbonyl (C=O) groups excluding carboxylic acids is 2. The molecule has 1 aliphatic rings. The van der Waals surface area contributed by atoms with E-state index in [4.69, 9.17) is 0 Å². The van der Waals surface area contributed by atoms with Gasteiger partial charge in [-0.2, -0.15) is 0 Å². The van der Waals surface area contributed by atoms with Crippen LogP contribution < -0.4 is 5.32 Å². The lowest BCUT2D eigenvalue weighted by molar-refractivity contribution is -0.120. The zero-order valence-corrected chi connectivity index (χ0v) is 13.6. The highest BCUT2D eigenvalue weighted by Gasteiger charge is 2.18. The summed E-state index contributed by atoms with van der Waals surface area (Å²) in [6, 6.07) is 8.00. The second-order valence-corrected chi connectivity index (χ2v) is 6.79. The predicted octanol–water partition coefficient (Wildman–Crippen LogP) is 1.70. The number of hydrogen-bond acceptors (Lipinski definition) is 3. The topological polar surface area (TPSA) is 52.7 Å². The van der Waals surface area contributed by atoms with Gasteiger partial charge in [0.2, 0.25) is 12.3 Å². The largest absolute Gasteiger partial charge is 0.343 e. The van der Waals surface area contributed by atoms with Crippen LogP contribution >= 0.6 is 0 Å². The molecule has 5 heteroatoms. The van der Waals surface area contributed by atoms with Crippen molar-refractivity contribution in [1.29, 1.82) is 0 Å². The molecule has 2 amide bonds. The van der Waals surface area contributed by atoms with E-state index in [0.29, 0.717) is 19.6 Å². The molecule has 1 saturated heterocycles. The van der Waals surface area contributed by atoms with Gasteiger partial charge in [-0.1, -0.05) is 32.9 Å².